The second kappa shape index (κ2) is 7.29. The third-order valence-corrected chi connectivity index (χ3v) is 5.71. The summed E-state index contributed by atoms with van der Waals surface area (Å²) in [6.07, 6.45) is 0.450. The van der Waals surface area contributed by atoms with Crippen molar-refractivity contribution in [3.05, 3.63) is 11.1 Å². The summed E-state index contributed by atoms with van der Waals surface area (Å²) in [6, 6.07) is -0.952. The molecule has 2 aliphatic carbocycles. The maximum absolute atomic E-state index is 12.8. The monoisotopic (exact) mass is 512 g/mol. The number of epoxide rings is 1. The van der Waals surface area contributed by atoms with E-state index in [9.17, 15) is 9.59 Å². The van der Waals surface area contributed by atoms with Crippen molar-refractivity contribution < 1.29 is 23.8 Å². The Morgan fingerprint density at radius 2 is 1.25 bits per heavy atom. The fourth-order valence-electron chi connectivity index (χ4n) is 4.17. The largest absolute Gasteiger partial charge is 0.444 e. The van der Waals surface area contributed by atoms with E-state index in [4.69, 9.17) is 83.8 Å². The lowest BCUT2D eigenvalue weighted by atomic mass is 9.82. The summed E-state index contributed by atoms with van der Waals surface area (Å²) >= 11 is 34.0. The molecule has 0 aromatic rings. The van der Waals surface area contributed by atoms with Gasteiger partial charge in [-0.15, -0.1) is 0 Å². The molecule has 13 heteroatoms. The Labute approximate surface area is 190 Å². The predicted octanol–water partition coefficient (Wildman–Crippen LogP) is 4.53. The van der Waals surface area contributed by atoms with Crippen LogP contribution in [0, 0.1) is 0 Å². The van der Waals surface area contributed by atoms with Gasteiger partial charge in [-0.1, -0.05) is 69.6 Å². The number of halogens is 6. The molecule has 0 spiro atoms. The van der Waals surface area contributed by atoms with Gasteiger partial charge < -0.3 is 14.2 Å². The van der Waals surface area contributed by atoms with Gasteiger partial charge in [0.2, 0.25) is 7.59 Å². The number of carbonyl (C=O) groups excluding carboxylic acids is 2. The molecule has 3 aliphatic heterocycles. The highest BCUT2D eigenvalue weighted by molar-refractivity contribution is 6.68. The molecule has 2 fully saturated rings. The van der Waals surface area contributed by atoms with Gasteiger partial charge in [0.05, 0.1) is 0 Å². The van der Waals surface area contributed by atoms with Crippen molar-refractivity contribution in [1.82, 2.24) is 10.0 Å². The van der Waals surface area contributed by atoms with Gasteiger partial charge in [-0.25, -0.2) is 19.6 Å². The molecule has 3 heterocycles. The molecule has 4 atom stereocenters. The number of carbonyl (C=O) groups is 2. The van der Waals surface area contributed by atoms with E-state index in [0.29, 0.717) is 0 Å². The lowest BCUT2D eigenvalue weighted by molar-refractivity contribution is -0.0751. The Bertz CT molecular complexity index is 677. The first-order valence-corrected chi connectivity index (χ1v) is 10.7. The molecule has 156 valence electrons. The van der Waals surface area contributed by atoms with E-state index in [0.717, 1.165) is 30.4 Å². The van der Waals surface area contributed by atoms with Crippen LogP contribution in [0.15, 0.2) is 11.1 Å². The van der Waals surface area contributed by atoms with Gasteiger partial charge >= 0.3 is 12.2 Å². The van der Waals surface area contributed by atoms with Crippen LogP contribution in [0.25, 0.3) is 0 Å². The third-order valence-electron chi connectivity index (χ3n) is 5.05. The summed E-state index contributed by atoms with van der Waals surface area (Å²) in [7, 11) is 0. The molecule has 0 aromatic heterocycles. The van der Waals surface area contributed by atoms with E-state index in [1.807, 2.05) is 0 Å². The Morgan fingerprint density at radius 1 is 0.857 bits per heavy atom. The number of fused-ring (bicyclic) bond motifs is 1. The Morgan fingerprint density at radius 3 is 1.61 bits per heavy atom. The fraction of sp³-hybridized carbons (Fsp3) is 0.733. The average Bonchev–Trinajstić information content (AvgIpc) is 3.24. The van der Waals surface area contributed by atoms with Crippen molar-refractivity contribution in [2.75, 3.05) is 13.2 Å². The molecule has 0 radical (unpaired) electrons. The van der Waals surface area contributed by atoms with E-state index in [1.54, 1.807) is 0 Å². The first kappa shape index (κ1) is 21.2. The molecule has 5 aliphatic rings. The molecule has 2 bridgehead atoms. The quantitative estimate of drug-likeness (QED) is 0.307. The normalized spacial score (nSPS) is 30.9. The van der Waals surface area contributed by atoms with E-state index in [2.05, 4.69) is 0 Å². The number of hydrogen-bond acceptors (Lipinski definition) is 5. The van der Waals surface area contributed by atoms with Crippen LogP contribution < -0.4 is 0 Å². The van der Waals surface area contributed by atoms with Gasteiger partial charge in [-0.05, 0) is 30.4 Å². The fourth-order valence-corrected chi connectivity index (χ4v) is 4.50. The lowest BCUT2D eigenvalue weighted by Crippen LogP contribution is -2.69. The highest BCUT2D eigenvalue weighted by Gasteiger charge is 2.68. The maximum atomic E-state index is 12.8. The summed E-state index contributed by atoms with van der Waals surface area (Å²) in [5.41, 5.74) is 2.17. The Balaban J connectivity index is 1.61. The van der Waals surface area contributed by atoms with Crippen LogP contribution in [0.5, 0.6) is 0 Å². The van der Waals surface area contributed by atoms with Crippen molar-refractivity contribution in [1.29, 1.82) is 0 Å². The van der Waals surface area contributed by atoms with Gasteiger partial charge in [-0.2, -0.15) is 0 Å². The smallest absolute Gasteiger partial charge is 0.429 e. The number of alkyl halides is 6. The molecule has 2 amide bonds. The average molecular weight is 515 g/mol. The second-order valence-corrected chi connectivity index (χ2v) is 11.9. The van der Waals surface area contributed by atoms with Crippen molar-refractivity contribution in [3.8, 4) is 0 Å². The van der Waals surface area contributed by atoms with E-state index < -0.39 is 45.1 Å². The first-order valence-electron chi connectivity index (χ1n) is 8.40. The summed E-state index contributed by atoms with van der Waals surface area (Å²) in [5, 5.41) is 2.36. The van der Waals surface area contributed by atoms with E-state index in [-0.39, 0.29) is 12.2 Å². The number of hydrazine groups is 1. The van der Waals surface area contributed by atoms with Crippen molar-refractivity contribution in [2.24, 2.45) is 0 Å². The van der Waals surface area contributed by atoms with Gasteiger partial charge in [0, 0.05) is 0 Å². The van der Waals surface area contributed by atoms with Gasteiger partial charge in [0.1, 0.15) is 37.5 Å². The SMILES string of the molecule is O=C(OCC(Cl)(Cl)Cl)N1[C@@H]2C3=C(CCC3)[C@H]([C@H]3O[C@@H]32)N1C(=O)OCC(Cl)(Cl)Cl. The van der Waals surface area contributed by atoms with Crippen LogP contribution in [0.4, 0.5) is 9.59 Å². The molecule has 28 heavy (non-hydrogen) atoms. The Kier molecular flexibility index (Phi) is 5.53. The number of rotatable bonds is 2. The molecule has 0 saturated carbocycles. The number of amides is 2. The van der Waals surface area contributed by atoms with Crippen LogP contribution in [0.2, 0.25) is 0 Å². The highest BCUT2D eigenvalue weighted by atomic mass is 35.6. The minimum Gasteiger partial charge on any atom is -0.444 e. The zero-order chi connectivity index (χ0) is 20.4. The van der Waals surface area contributed by atoms with Gasteiger partial charge in [0.15, 0.2) is 0 Å². The molecular formula is C15H14Cl6N2O5. The standard InChI is InChI=1S/C15H14Cl6N2O5/c16-14(17,18)4-26-12(24)22-8-6-2-1-3-7(6)9(11-10(8)28-11)23(22)13(25)27-5-15(19,20)21/h8-11H,1-5H2/t8-,9-,10-,11-/m1/s1. The number of ether oxygens (including phenoxy) is 3. The number of nitrogens with zero attached hydrogens (tertiary/aromatic N) is 2. The molecule has 0 unspecified atom stereocenters. The van der Waals surface area contributed by atoms with Crippen LogP contribution in [-0.2, 0) is 14.2 Å². The maximum Gasteiger partial charge on any atom is 0.429 e. The van der Waals surface area contributed by atoms with Crippen LogP contribution in [0.3, 0.4) is 0 Å². The second-order valence-electron chi connectivity index (χ2n) is 6.89. The van der Waals surface area contributed by atoms with Crippen LogP contribution >= 0.6 is 69.6 Å². The molecule has 5 rings (SSSR count). The van der Waals surface area contributed by atoms with E-state index >= 15 is 0 Å². The van der Waals surface area contributed by atoms with E-state index in [1.165, 1.54) is 10.0 Å². The number of hydrogen-bond donors (Lipinski definition) is 0. The topological polar surface area (TPSA) is 71.6 Å². The zero-order valence-corrected chi connectivity index (χ0v) is 18.6. The van der Waals surface area contributed by atoms with Gasteiger partial charge in [-0.3, -0.25) is 0 Å². The van der Waals surface area contributed by atoms with Crippen molar-refractivity contribution in [3.63, 3.8) is 0 Å². The lowest BCUT2D eigenvalue weighted by Gasteiger charge is -2.50. The molecular weight excluding hydrogens is 501 g/mol. The summed E-state index contributed by atoms with van der Waals surface area (Å²) in [5.74, 6) is 0. The zero-order valence-electron chi connectivity index (χ0n) is 14.0. The minimum absolute atomic E-state index is 0.209. The van der Waals surface area contributed by atoms with Crippen LogP contribution in [-0.4, -0.2) is 67.3 Å². The summed E-state index contributed by atoms with van der Waals surface area (Å²) < 4.78 is 12.4. The summed E-state index contributed by atoms with van der Waals surface area (Å²) in [6.45, 7) is -0.968. The summed E-state index contributed by atoms with van der Waals surface area (Å²) in [4.78, 5) is 25.7. The third kappa shape index (κ3) is 3.96. The minimum atomic E-state index is -1.79. The molecule has 7 nitrogen and oxygen atoms in total. The first-order chi connectivity index (χ1) is 13.0. The highest BCUT2D eigenvalue weighted by Crippen LogP contribution is 2.54. The molecule has 0 N–H and O–H groups in total. The molecule has 2 saturated heterocycles. The Hall–Kier alpha value is -0.0200. The van der Waals surface area contributed by atoms with Gasteiger partial charge in [0.25, 0.3) is 0 Å². The predicted molar refractivity (Wildman–Crippen MR) is 104 cm³/mol. The van der Waals surface area contributed by atoms with Crippen LogP contribution in [0.1, 0.15) is 19.3 Å². The molecule has 0 aromatic carbocycles. The van der Waals surface area contributed by atoms with Crippen molar-refractivity contribution in [2.45, 2.75) is 51.1 Å². The van der Waals surface area contributed by atoms with Crippen molar-refractivity contribution >= 4 is 81.8 Å².